The Balaban J connectivity index is 1.24. The van der Waals surface area contributed by atoms with Crippen molar-refractivity contribution < 1.29 is 24.2 Å². The zero-order chi connectivity index (χ0) is 33.0. The summed E-state index contributed by atoms with van der Waals surface area (Å²) in [5.41, 5.74) is 5.91. The van der Waals surface area contributed by atoms with Crippen LogP contribution in [0, 0.1) is 0 Å². The fraction of sp³-hybridized carbons (Fsp3) is 0.389. The Morgan fingerprint density at radius 3 is 2.47 bits per heavy atom. The molecule has 1 aliphatic heterocycles. The number of aryl methyl sites for hydroxylation is 1. The Labute approximate surface area is 280 Å². The van der Waals surface area contributed by atoms with Gasteiger partial charge in [0, 0.05) is 51.2 Å². The summed E-state index contributed by atoms with van der Waals surface area (Å²) in [7, 11) is 1.93. The number of aliphatic hydroxyl groups is 1. The largest absolute Gasteiger partial charge is 0.392 e. The molecule has 2 amide bonds. The third-order valence-electron chi connectivity index (χ3n) is 8.05. The average molecular weight is 658 g/mol. The smallest absolute Gasteiger partial charge is 0.220 e. The topological polar surface area (TPSA) is 128 Å². The molecule has 0 radical (unpaired) electrons. The lowest BCUT2D eigenvalue weighted by Crippen LogP contribution is -2.31. The summed E-state index contributed by atoms with van der Waals surface area (Å²) in [5.74, 6) is 0.694. The van der Waals surface area contributed by atoms with Gasteiger partial charge in [-0.05, 0) is 52.8 Å². The molecule has 0 bridgehead atoms. The number of nitrogens with zero attached hydrogens (tertiary/aromatic N) is 3. The van der Waals surface area contributed by atoms with E-state index in [1.165, 1.54) is 6.92 Å². The maximum Gasteiger partial charge on any atom is 0.220 e. The minimum absolute atomic E-state index is 0.00298. The first-order valence-corrected chi connectivity index (χ1v) is 17.0. The zero-order valence-electron chi connectivity index (χ0n) is 26.9. The number of benzene rings is 3. The first-order valence-electron chi connectivity index (χ1n) is 16.1. The van der Waals surface area contributed by atoms with Crippen LogP contribution in [0.2, 0.25) is 0 Å². The second kappa shape index (κ2) is 17.2. The van der Waals surface area contributed by atoms with Crippen molar-refractivity contribution in [1.82, 2.24) is 25.4 Å². The lowest BCUT2D eigenvalue weighted by molar-refractivity contribution is -0.245. The van der Waals surface area contributed by atoms with Crippen LogP contribution in [0.4, 0.5) is 0 Å². The molecule has 4 aromatic rings. The van der Waals surface area contributed by atoms with Gasteiger partial charge >= 0.3 is 0 Å². The number of unbranched alkanes of at least 4 members (excludes halogenated alkanes) is 2. The van der Waals surface area contributed by atoms with E-state index in [-0.39, 0.29) is 30.6 Å². The molecule has 47 heavy (non-hydrogen) atoms. The van der Waals surface area contributed by atoms with Crippen LogP contribution >= 0.6 is 11.8 Å². The lowest BCUT2D eigenvalue weighted by Gasteiger charge is -2.36. The van der Waals surface area contributed by atoms with Gasteiger partial charge in [0.1, 0.15) is 6.33 Å². The van der Waals surface area contributed by atoms with Crippen molar-refractivity contribution >= 4 is 23.6 Å². The highest BCUT2D eigenvalue weighted by Crippen LogP contribution is 2.40. The Bertz CT molecular complexity index is 1610. The molecule has 1 fully saturated rings. The number of aromatic nitrogens is 3. The molecule has 2 heterocycles. The number of nitrogens with one attached hydrogen (secondary N) is 2. The zero-order valence-corrected chi connectivity index (χ0v) is 27.7. The number of rotatable bonds is 15. The Hall–Kier alpha value is -4.03. The number of thioether (sulfide) groups is 1. The van der Waals surface area contributed by atoms with Gasteiger partial charge in [-0.3, -0.25) is 9.59 Å². The third-order valence-corrected chi connectivity index (χ3v) is 9.21. The van der Waals surface area contributed by atoms with Crippen LogP contribution in [0.3, 0.4) is 0 Å². The van der Waals surface area contributed by atoms with Crippen molar-refractivity contribution in [2.45, 2.75) is 75.8 Å². The number of hydrogen-bond donors (Lipinski definition) is 3. The van der Waals surface area contributed by atoms with E-state index in [1.807, 2.05) is 60.1 Å². The number of carbonyl (C=O) groups excluding carboxylic acids is 2. The standard InChI is InChI=1S/C36H43N5O5S/c1-25(43)37-17-5-3-4-12-34(44)38-21-27-8-6-9-29(18-27)30-10-7-11-31(19-30)35-45-32(23-47-36-40-39-24-41(36)2)20-33(46-35)28-15-13-26(22-42)14-16-28/h6-11,13-16,18-19,24,32-33,35,42H,3-5,12,17,20-23H2,1-2H3,(H,37,43)(H,38,44)/t32-,33+,35+/m1/s1. The van der Waals surface area contributed by atoms with Crippen molar-refractivity contribution in [3.05, 3.63) is 101 Å². The maximum atomic E-state index is 12.4. The highest BCUT2D eigenvalue weighted by molar-refractivity contribution is 7.99. The van der Waals surface area contributed by atoms with Crippen LogP contribution in [-0.2, 0) is 39.3 Å². The van der Waals surface area contributed by atoms with Crippen LogP contribution in [0.1, 0.15) is 73.7 Å². The maximum absolute atomic E-state index is 12.4. The van der Waals surface area contributed by atoms with Crippen LogP contribution in [0.5, 0.6) is 0 Å². The van der Waals surface area contributed by atoms with E-state index in [9.17, 15) is 14.7 Å². The van der Waals surface area contributed by atoms with Crippen molar-refractivity contribution in [2.75, 3.05) is 12.3 Å². The number of hydrogen-bond acceptors (Lipinski definition) is 8. The van der Waals surface area contributed by atoms with Gasteiger partial charge in [-0.2, -0.15) is 0 Å². The SMILES string of the molecule is CC(=O)NCCCCCC(=O)NCc1cccc(-c2cccc([C@H]3O[C@@H](CSc4nncn4C)C[C@@H](c4ccc(CO)cc4)O3)c2)c1. The van der Waals surface area contributed by atoms with Crippen LogP contribution in [0.15, 0.2) is 84.3 Å². The molecule has 0 aliphatic carbocycles. The summed E-state index contributed by atoms with van der Waals surface area (Å²) < 4.78 is 15.0. The summed E-state index contributed by atoms with van der Waals surface area (Å²) in [6.45, 7) is 2.60. The van der Waals surface area contributed by atoms with Crippen molar-refractivity contribution in [3.8, 4) is 11.1 Å². The molecule has 3 N–H and O–H groups in total. The van der Waals surface area contributed by atoms with E-state index in [1.54, 1.807) is 18.1 Å². The minimum atomic E-state index is -0.572. The van der Waals surface area contributed by atoms with E-state index in [0.717, 1.165) is 57.8 Å². The summed E-state index contributed by atoms with van der Waals surface area (Å²) in [6.07, 6.45) is 4.55. The summed E-state index contributed by atoms with van der Waals surface area (Å²) in [5, 5.41) is 24.4. The van der Waals surface area contributed by atoms with E-state index in [4.69, 9.17) is 9.47 Å². The van der Waals surface area contributed by atoms with Gasteiger partial charge in [0.05, 0.1) is 18.8 Å². The summed E-state index contributed by atoms with van der Waals surface area (Å²) >= 11 is 1.61. The average Bonchev–Trinajstić information content (AvgIpc) is 3.52. The fourth-order valence-electron chi connectivity index (χ4n) is 5.46. The van der Waals surface area contributed by atoms with E-state index in [0.29, 0.717) is 31.7 Å². The quantitative estimate of drug-likeness (QED) is 0.111. The Morgan fingerprint density at radius 2 is 1.72 bits per heavy atom. The molecule has 11 heteroatoms. The normalized spacial score (nSPS) is 17.7. The highest BCUT2D eigenvalue weighted by Gasteiger charge is 2.32. The van der Waals surface area contributed by atoms with Crippen molar-refractivity contribution in [1.29, 1.82) is 0 Å². The fourth-order valence-corrected chi connectivity index (χ4v) is 6.37. The predicted molar refractivity (Wildman–Crippen MR) is 181 cm³/mol. The van der Waals surface area contributed by atoms with Gasteiger partial charge in [-0.25, -0.2) is 0 Å². The van der Waals surface area contributed by atoms with Crippen molar-refractivity contribution in [3.63, 3.8) is 0 Å². The number of aliphatic hydroxyl groups excluding tert-OH is 1. The van der Waals surface area contributed by atoms with Gasteiger partial charge in [-0.1, -0.05) is 78.8 Å². The summed E-state index contributed by atoms with van der Waals surface area (Å²) in [6, 6.07) is 24.3. The molecule has 0 saturated carbocycles. The third kappa shape index (κ3) is 10.2. The van der Waals surface area contributed by atoms with Gasteiger partial charge < -0.3 is 29.8 Å². The molecule has 0 unspecified atom stereocenters. The molecule has 3 atom stereocenters. The van der Waals surface area contributed by atoms with Crippen LogP contribution in [0.25, 0.3) is 11.1 Å². The number of ether oxygens (including phenoxy) is 2. The lowest BCUT2D eigenvalue weighted by atomic mass is 9.99. The summed E-state index contributed by atoms with van der Waals surface area (Å²) in [4.78, 5) is 23.4. The molecule has 5 rings (SSSR count). The predicted octanol–water partition coefficient (Wildman–Crippen LogP) is 5.62. The molecule has 1 aliphatic rings. The number of carbonyl (C=O) groups is 2. The number of amides is 2. The molecule has 0 spiro atoms. The molecule has 248 valence electrons. The van der Waals surface area contributed by atoms with Gasteiger partial charge in [0.15, 0.2) is 11.4 Å². The van der Waals surface area contributed by atoms with Gasteiger partial charge in [0.25, 0.3) is 0 Å². The van der Waals surface area contributed by atoms with Crippen molar-refractivity contribution in [2.24, 2.45) is 7.05 Å². The van der Waals surface area contributed by atoms with Gasteiger partial charge in [0.2, 0.25) is 11.8 Å². The van der Waals surface area contributed by atoms with E-state index < -0.39 is 6.29 Å². The molecule has 10 nitrogen and oxygen atoms in total. The molecule has 1 saturated heterocycles. The molecule has 1 aromatic heterocycles. The van der Waals surface area contributed by atoms with E-state index >= 15 is 0 Å². The van der Waals surface area contributed by atoms with Crippen LogP contribution in [-0.4, -0.2) is 50.1 Å². The van der Waals surface area contributed by atoms with Crippen LogP contribution < -0.4 is 10.6 Å². The highest BCUT2D eigenvalue weighted by atomic mass is 32.2. The molecular formula is C36H43N5O5S. The second-order valence-corrected chi connectivity index (χ2v) is 12.8. The minimum Gasteiger partial charge on any atom is -0.392 e. The Kier molecular flexibility index (Phi) is 12.6. The second-order valence-electron chi connectivity index (χ2n) is 11.8. The first kappa shape index (κ1) is 34.3. The monoisotopic (exact) mass is 657 g/mol. The Morgan fingerprint density at radius 1 is 0.936 bits per heavy atom. The van der Waals surface area contributed by atoms with E-state index in [2.05, 4.69) is 45.1 Å². The first-order chi connectivity index (χ1) is 22.9. The molecule has 3 aromatic carbocycles. The molecular weight excluding hydrogens is 614 g/mol. The van der Waals surface area contributed by atoms with Gasteiger partial charge in [-0.15, -0.1) is 10.2 Å².